The molecule has 0 unspecified atom stereocenters. The molecule has 1 aliphatic heterocycles. The molecule has 0 bridgehead atoms. The number of hydrogen-bond donors (Lipinski definition) is 1. The number of nitrogens with one attached hydrogen (secondary N) is 1. The molecule has 0 radical (unpaired) electrons. The Balaban J connectivity index is 1.38. The fourth-order valence-electron chi connectivity index (χ4n) is 4.91. The van der Waals surface area contributed by atoms with Gasteiger partial charge in [-0.05, 0) is 42.7 Å². The molecule has 3 heterocycles. The highest BCUT2D eigenvalue weighted by Crippen LogP contribution is 2.42. The first-order valence-corrected chi connectivity index (χ1v) is 11.9. The van der Waals surface area contributed by atoms with E-state index in [1.54, 1.807) is 35.1 Å². The molecule has 2 aliphatic rings. The molecule has 1 N–H and O–H groups in total. The zero-order chi connectivity index (χ0) is 25.0. The second kappa shape index (κ2) is 8.15. The van der Waals surface area contributed by atoms with Gasteiger partial charge in [0.15, 0.2) is 5.67 Å². The van der Waals surface area contributed by atoms with E-state index in [-0.39, 0.29) is 30.7 Å². The van der Waals surface area contributed by atoms with Crippen LogP contribution in [0.4, 0.5) is 10.1 Å². The van der Waals surface area contributed by atoms with Crippen LogP contribution in [0.25, 0.3) is 16.6 Å². The van der Waals surface area contributed by atoms with E-state index in [4.69, 9.17) is 0 Å². The van der Waals surface area contributed by atoms with Gasteiger partial charge in [0, 0.05) is 36.8 Å². The molecule has 2 atom stereocenters. The Kier molecular flexibility index (Phi) is 5.03. The molecule has 1 aliphatic carbocycles. The minimum atomic E-state index is -1.81. The number of benzene rings is 2. The van der Waals surface area contributed by atoms with E-state index < -0.39 is 23.7 Å². The number of rotatable bonds is 5. The molecule has 8 nitrogen and oxygen atoms in total. The minimum absolute atomic E-state index is 0.0801. The van der Waals surface area contributed by atoms with Crippen LogP contribution in [-0.4, -0.2) is 37.9 Å². The quantitative estimate of drug-likeness (QED) is 0.470. The van der Waals surface area contributed by atoms with Gasteiger partial charge in [-0.25, -0.2) is 9.07 Å². The van der Waals surface area contributed by atoms with E-state index in [0.717, 1.165) is 22.2 Å². The predicted molar refractivity (Wildman–Crippen MR) is 133 cm³/mol. The molecule has 2 aromatic heterocycles. The Bertz CT molecular complexity index is 1560. The van der Waals surface area contributed by atoms with E-state index >= 15 is 0 Å². The van der Waals surface area contributed by atoms with Crippen molar-refractivity contribution in [2.75, 3.05) is 4.90 Å². The molecule has 4 aromatic rings. The molecule has 6 rings (SSSR count). The first-order chi connectivity index (χ1) is 17.3. The van der Waals surface area contributed by atoms with E-state index in [1.165, 1.54) is 10.6 Å². The van der Waals surface area contributed by atoms with Gasteiger partial charge in [0.1, 0.15) is 0 Å². The fraction of sp³-hybridized carbons (Fsp3) is 0.259. The minimum Gasteiger partial charge on any atom is -0.348 e. The van der Waals surface area contributed by atoms with E-state index in [9.17, 15) is 18.8 Å². The first-order valence-electron chi connectivity index (χ1n) is 11.9. The van der Waals surface area contributed by atoms with E-state index in [1.807, 2.05) is 48.5 Å². The molecule has 2 fully saturated rings. The molecular formula is C27H24FN5O3. The number of pyridine rings is 1. The second-order valence-corrected chi connectivity index (χ2v) is 9.50. The highest BCUT2D eigenvalue weighted by molar-refractivity contribution is 6.00. The summed E-state index contributed by atoms with van der Waals surface area (Å²) < 4.78 is 17.6. The van der Waals surface area contributed by atoms with Gasteiger partial charge < -0.3 is 14.8 Å². The summed E-state index contributed by atoms with van der Waals surface area (Å²) in [5.74, 6) is -0.792. The van der Waals surface area contributed by atoms with Crippen molar-refractivity contribution in [1.82, 2.24) is 19.7 Å². The van der Waals surface area contributed by atoms with Crippen molar-refractivity contribution < 1.29 is 14.0 Å². The number of aromatic nitrogens is 3. The summed E-state index contributed by atoms with van der Waals surface area (Å²) in [4.78, 5) is 39.3. The van der Waals surface area contributed by atoms with Gasteiger partial charge in [-0.15, -0.1) is 0 Å². The number of carbonyl (C=O) groups excluding carboxylic acids is 2. The van der Waals surface area contributed by atoms with Crippen LogP contribution < -0.4 is 15.8 Å². The third kappa shape index (κ3) is 3.67. The van der Waals surface area contributed by atoms with Gasteiger partial charge in [0.2, 0.25) is 11.5 Å². The lowest BCUT2D eigenvalue weighted by Gasteiger charge is -2.29. The molecule has 2 amide bonds. The van der Waals surface area contributed by atoms with Crippen LogP contribution in [0.1, 0.15) is 30.9 Å². The maximum atomic E-state index is 14.4. The number of amides is 2. The number of fused-ring (bicyclic) bond motifs is 1. The summed E-state index contributed by atoms with van der Waals surface area (Å²) in [5, 5.41) is 8.11. The van der Waals surface area contributed by atoms with Crippen molar-refractivity contribution in [1.29, 1.82) is 0 Å². The molecule has 1 saturated heterocycles. The lowest BCUT2D eigenvalue weighted by Crippen LogP contribution is -2.44. The summed E-state index contributed by atoms with van der Waals surface area (Å²) in [5.41, 5.74) is 1.16. The Morgan fingerprint density at radius 2 is 1.81 bits per heavy atom. The van der Waals surface area contributed by atoms with Crippen LogP contribution in [0.2, 0.25) is 0 Å². The van der Waals surface area contributed by atoms with E-state index in [0.29, 0.717) is 5.69 Å². The van der Waals surface area contributed by atoms with Crippen molar-refractivity contribution in [3.05, 3.63) is 89.0 Å². The van der Waals surface area contributed by atoms with Gasteiger partial charge in [-0.3, -0.25) is 14.4 Å². The van der Waals surface area contributed by atoms with Crippen LogP contribution in [0, 0.1) is 0 Å². The van der Waals surface area contributed by atoms with Gasteiger partial charge >= 0.3 is 0 Å². The first kappa shape index (κ1) is 22.2. The SMILES string of the molecule is Cn1cc(-n2ncc3cc(N4C(=O)C[C@@H](NC(=O)C5(F)CC5)[C@@H]4c4ccccc4)ccc32)ccc1=O. The van der Waals surface area contributed by atoms with Crippen molar-refractivity contribution in [2.24, 2.45) is 7.05 Å². The molecule has 182 valence electrons. The number of aryl methyl sites for hydroxylation is 1. The molecule has 0 spiro atoms. The summed E-state index contributed by atoms with van der Waals surface area (Å²) in [6.45, 7) is 0. The molecule has 9 heteroatoms. The number of hydrogen-bond acceptors (Lipinski definition) is 4. The largest absolute Gasteiger partial charge is 0.348 e. The van der Waals surface area contributed by atoms with Crippen molar-refractivity contribution in [3.63, 3.8) is 0 Å². The predicted octanol–water partition coefficient (Wildman–Crippen LogP) is 3.19. The zero-order valence-electron chi connectivity index (χ0n) is 19.6. The number of halogens is 1. The van der Waals surface area contributed by atoms with Crippen LogP contribution in [0.3, 0.4) is 0 Å². The topological polar surface area (TPSA) is 89.2 Å². The van der Waals surface area contributed by atoms with Crippen molar-refractivity contribution >= 4 is 28.4 Å². The zero-order valence-corrected chi connectivity index (χ0v) is 19.6. The number of anilines is 1. The number of nitrogens with zero attached hydrogens (tertiary/aromatic N) is 4. The van der Waals surface area contributed by atoms with Crippen LogP contribution in [0.15, 0.2) is 77.9 Å². The highest BCUT2D eigenvalue weighted by Gasteiger charge is 2.53. The normalized spacial score (nSPS) is 20.6. The van der Waals surface area contributed by atoms with Gasteiger partial charge in [-0.1, -0.05) is 30.3 Å². The number of alkyl halides is 1. The van der Waals surface area contributed by atoms with Gasteiger partial charge in [0.25, 0.3) is 5.91 Å². The third-order valence-corrected chi connectivity index (χ3v) is 7.02. The van der Waals surface area contributed by atoms with Crippen molar-refractivity contribution in [2.45, 2.75) is 37.0 Å². The summed E-state index contributed by atoms with van der Waals surface area (Å²) in [6, 6.07) is 17.3. The molecule has 1 saturated carbocycles. The van der Waals surface area contributed by atoms with Gasteiger partial charge in [-0.2, -0.15) is 5.10 Å². The summed E-state index contributed by atoms with van der Waals surface area (Å²) in [7, 11) is 1.68. The van der Waals surface area contributed by atoms with Gasteiger partial charge in [0.05, 0.1) is 29.5 Å². The maximum absolute atomic E-state index is 14.4. The highest BCUT2D eigenvalue weighted by atomic mass is 19.1. The van der Waals surface area contributed by atoms with Crippen LogP contribution in [-0.2, 0) is 16.6 Å². The lowest BCUT2D eigenvalue weighted by atomic mass is 9.99. The van der Waals surface area contributed by atoms with Crippen LogP contribution >= 0.6 is 0 Å². The second-order valence-electron chi connectivity index (χ2n) is 9.50. The lowest BCUT2D eigenvalue weighted by molar-refractivity contribution is -0.128. The summed E-state index contributed by atoms with van der Waals surface area (Å²) >= 11 is 0. The monoisotopic (exact) mass is 485 g/mol. The Hall–Kier alpha value is -4.27. The molecular weight excluding hydrogens is 461 g/mol. The average molecular weight is 486 g/mol. The standard InChI is InChI=1S/C27H24FN5O3/c1-31-16-20(8-10-23(31)34)33-22-9-7-19(13-18(22)15-29-33)32-24(35)14-21(30-26(36)27(28)11-12-27)25(32)17-5-3-2-4-6-17/h2-10,13,15-16,21,25H,11-12,14H2,1H3,(H,30,36)/t21-,25+/m1/s1. The maximum Gasteiger partial charge on any atom is 0.257 e. The molecule has 36 heavy (non-hydrogen) atoms. The Morgan fingerprint density at radius 3 is 2.53 bits per heavy atom. The average Bonchev–Trinajstić information content (AvgIpc) is 3.36. The van der Waals surface area contributed by atoms with Crippen molar-refractivity contribution in [3.8, 4) is 5.69 Å². The Morgan fingerprint density at radius 1 is 1.06 bits per heavy atom. The summed E-state index contributed by atoms with van der Waals surface area (Å²) in [6.07, 6.45) is 3.94. The number of carbonyl (C=O) groups is 2. The smallest absolute Gasteiger partial charge is 0.257 e. The van der Waals surface area contributed by atoms with Crippen LogP contribution in [0.5, 0.6) is 0 Å². The Labute approximate surface area is 205 Å². The fourth-order valence-corrected chi connectivity index (χ4v) is 4.91. The van der Waals surface area contributed by atoms with E-state index in [2.05, 4.69) is 10.4 Å². The molecule has 2 aromatic carbocycles. The third-order valence-electron chi connectivity index (χ3n) is 7.02.